The second kappa shape index (κ2) is 8.55. The third kappa shape index (κ3) is 6.09. The van der Waals surface area contributed by atoms with Crippen LogP contribution in [0.2, 0.25) is 0 Å². The lowest BCUT2D eigenvalue weighted by Crippen LogP contribution is -2.31. The van der Waals surface area contributed by atoms with E-state index in [0.29, 0.717) is 0 Å². The zero-order chi connectivity index (χ0) is 10.1. The Bertz CT molecular complexity index is 97.3. The molecule has 80 valence electrons. The van der Waals surface area contributed by atoms with Gasteiger partial charge in [0.1, 0.15) is 0 Å². The van der Waals surface area contributed by atoms with Crippen molar-refractivity contribution in [3.05, 3.63) is 0 Å². The molecule has 0 radical (unpaired) electrons. The van der Waals surface area contributed by atoms with Gasteiger partial charge in [0.15, 0.2) is 0 Å². The van der Waals surface area contributed by atoms with Crippen LogP contribution in [0.1, 0.15) is 59.3 Å². The van der Waals surface area contributed by atoms with Gasteiger partial charge in [-0.15, -0.1) is 0 Å². The van der Waals surface area contributed by atoms with Crippen LogP contribution in [0.25, 0.3) is 0 Å². The molecule has 0 saturated carbocycles. The highest BCUT2D eigenvalue weighted by molar-refractivity contribution is 4.64. The molecule has 13 heavy (non-hydrogen) atoms. The highest BCUT2D eigenvalue weighted by Gasteiger charge is 2.08. The van der Waals surface area contributed by atoms with E-state index in [2.05, 4.69) is 32.7 Å². The topological polar surface area (TPSA) is 3.24 Å². The van der Waals surface area contributed by atoms with Crippen molar-refractivity contribution in [2.45, 2.75) is 65.3 Å². The average molecular weight is 185 g/mol. The molecule has 0 aliphatic rings. The summed E-state index contributed by atoms with van der Waals surface area (Å²) in [5.74, 6) is 0. The van der Waals surface area contributed by atoms with Gasteiger partial charge in [0, 0.05) is 6.04 Å². The van der Waals surface area contributed by atoms with Gasteiger partial charge in [-0.25, -0.2) is 0 Å². The standard InChI is InChI=1S/C12H27N/c1-5-8-9-10-11-13(4)12(6-2)7-3/h12H,5-11H2,1-4H3. The van der Waals surface area contributed by atoms with E-state index >= 15 is 0 Å². The first kappa shape index (κ1) is 13.0. The molecule has 1 heteroatoms. The Morgan fingerprint density at radius 3 is 2.00 bits per heavy atom. The van der Waals surface area contributed by atoms with Gasteiger partial charge in [-0.1, -0.05) is 40.0 Å². The van der Waals surface area contributed by atoms with Crippen molar-refractivity contribution in [2.24, 2.45) is 0 Å². The van der Waals surface area contributed by atoms with Crippen LogP contribution in [0, 0.1) is 0 Å². The molecule has 0 rings (SSSR count). The molecule has 0 spiro atoms. The van der Waals surface area contributed by atoms with Crippen LogP contribution in [0.5, 0.6) is 0 Å². The lowest BCUT2D eigenvalue weighted by Gasteiger charge is -2.25. The molecule has 0 bridgehead atoms. The maximum Gasteiger partial charge on any atom is 0.00869 e. The van der Waals surface area contributed by atoms with Crippen molar-refractivity contribution in [3.8, 4) is 0 Å². The van der Waals surface area contributed by atoms with E-state index in [1.807, 2.05) is 0 Å². The number of hydrogen-bond acceptors (Lipinski definition) is 1. The number of unbranched alkanes of at least 4 members (excludes halogenated alkanes) is 3. The maximum atomic E-state index is 2.52. The van der Waals surface area contributed by atoms with Gasteiger partial charge >= 0.3 is 0 Å². The highest BCUT2D eigenvalue weighted by Crippen LogP contribution is 2.08. The molecule has 1 nitrogen and oxygen atoms in total. The summed E-state index contributed by atoms with van der Waals surface area (Å²) in [5.41, 5.74) is 0. The molecule has 0 aromatic carbocycles. The second-order valence-corrected chi connectivity index (χ2v) is 4.01. The molecule has 0 saturated heterocycles. The molecule has 0 heterocycles. The van der Waals surface area contributed by atoms with Gasteiger partial charge in [0.25, 0.3) is 0 Å². The minimum absolute atomic E-state index is 0.807. The number of hydrogen-bond donors (Lipinski definition) is 0. The van der Waals surface area contributed by atoms with E-state index in [9.17, 15) is 0 Å². The summed E-state index contributed by atoms with van der Waals surface area (Å²) in [5, 5.41) is 0. The Kier molecular flexibility index (Phi) is 8.53. The van der Waals surface area contributed by atoms with Crippen LogP contribution in [-0.2, 0) is 0 Å². The Morgan fingerprint density at radius 1 is 0.923 bits per heavy atom. The predicted molar refractivity (Wildman–Crippen MR) is 61.1 cm³/mol. The monoisotopic (exact) mass is 185 g/mol. The first-order valence-corrected chi connectivity index (χ1v) is 5.96. The van der Waals surface area contributed by atoms with E-state index in [1.165, 1.54) is 45.1 Å². The first-order valence-electron chi connectivity index (χ1n) is 5.96. The zero-order valence-corrected chi connectivity index (χ0v) is 9.97. The highest BCUT2D eigenvalue weighted by atomic mass is 15.1. The number of rotatable bonds is 8. The van der Waals surface area contributed by atoms with E-state index in [-0.39, 0.29) is 0 Å². The van der Waals surface area contributed by atoms with Gasteiger partial charge in [-0.3, -0.25) is 0 Å². The predicted octanol–water partition coefficient (Wildman–Crippen LogP) is 3.69. The number of nitrogens with zero attached hydrogens (tertiary/aromatic N) is 1. The zero-order valence-electron chi connectivity index (χ0n) is 9.97. The van der Waals surface area contributed by atoms with Gasteiger partial charge in [-0.2, -0.15) is 0 Å². The molecule has 0 aliphatic carbocycles. The summed E-state index contributed by atoms with van der Waals surface area (Å²) in [6, 6.07) is 0.807. The fraction of sp³-hybridized carbons (Fsp3) is 1.00. The SMILES string of the molecule is CCCCCCN(C)C(CC)CC. The normalized spacial score (nSPS) is 11.5. The van der Waals surface area contributed by atoms with Crippen LogP contribution in [0.3, 0.4) is 0 Å². The average Bonchev–Trinajstić information content (AvgIpc) is 2.14. The molecule has 0 aromatic rings. The summed E-state index contributed by atoms with van der Waals surface area (Å²) in [6.07, 6.45) is 8.11. The second-order valence-electron chi connectivity index (χ2n) is 4.01. The van der Waals surface area contributed by atoms with Crippen molar-refractivity contribution in [3.63, 3.8) is 0 Å². The van der Waals surface area contributed by atoms with Crippen molar-refractivity contribution in [1.82, 2.24) is 4.90 Å². The molecule has 0 aliphatic heterocycles. The van der Waals surface area contributed by atoms with E-state index in [1.54, 1.807) is 0 Å². The summed E-state index contributed by atoms with van der Waals surface area (Å²) < 4.78 is 0. The third-order valence-corrected chi connectivity index (χ3v) is 2.93. The smallest absolute Gasteiger partial charge is 0.00869 e. The van der Waals surface area contributed by atoms with E-state index < -0.39 is 0 Å². The molecular weight excluding hydrogens is 158 g/mol. The fourth-order valence-corrected chi connectivity index (χ4v) is 1.88. The summed E-state index contributed by atoms with van der Waals surface area (Å²) in [4.78, 5) is 2.52. The summed E-state index contributed by atoms with van der Waals surface area (Å²) in [7, 11) is 2.27. The van der Waals surface area contributed by atoms with Crippen LogP contribution >= 0.6 is 0 Å². The Labute approximate surface area is 84.5 Å². The van der Waals surface area contributed by atoms with Crippen molar-refractivity contribution in [1.29, 1.82) is 0 Å². The van der Waals surface area contributed by atoms with Gasteiger partial charge in [0.2, 0.25) is 0 Å². The largest absolute Gasteiger partial charge is 0.303 e. The minimum atomic E-state index is 0.807. The van der Waals surface area contributed by atoms with Crippen molar-refractivity contribution in [2.75, 3.05) is 13.6 Å². The molecule has 0 fully saturated rings. The van der Waals surface area contributed by atoms with E-state index in [0.717, 1.165) is 6.04 Å². The Morgan fingerprint density at radius 2 is 1.54 bits per heavy atom. The van der Waals surface area contributed by atoms with Crippen LogP contribution < -0.4 is 0 Å². The van der Waals surface area contributed by atoms with E-state index in [4.69, 9.17) is 0 Å². The van der Waals surface area contributed by atoms with Gasteiger partial charge in [0.05, 0.1) is 0 Å². The minimum Gasteiger partial charge on any atom is -0.303 e. The Balaban J connectivity index is 3.42. The molecule has 0 unspecified atom stereocenters. The summed E-state index contributed by atoms with van der Waals surface area (Å²) >= 11 is 0. The van der Waals surface area contributed by atoms with Gasteiger partial charge in [-0.05, 0) is 32.9 Å². The van der Waals surface area contributed by atoms with Crippen molar-refractivity contribution >= 4 is 0 Å². The third-order valence-electron chi connectivity index (χ3n) is 2.93. The molecule has 0 N–H and O–H groups in total. The van der Waals surface area contributed by atoms with Crippen LogP contribution in [0.15, 0.2) is 0 Å². The molecule has 0 amide bonds. The van der Waals surface area contributed by atoms with Crippen LogP contribution in [-0.4, -0.2) is 24.5 Å². The lowest BCUT2D eigenvalue weighted by molar-refractivity contribution is 0.225. The molecule has 0 atom stereocenters. The van der Waals surface area contributed by atoms with Gasteiger partial charge < -0.3 is 4.90 Å². The van der Waals surface area contributed by atoms with Crippen LogP contribution in [0.4, 0.5) is 0 Å². The molecular formula is C12H27N. The quantitative estimate of drug-likeness (QED) is 0.521. The fourth-order valence-electron chi connectivity index (χ4n) is 1.88. The maximum absolute atomic E-state index is 2.52. The Hall–Kier alpha value is -0.0400. The summed E-state index contributed by atoms with van der Waals surface area (Å²) in [6.45, 7) is 8.13. The lowest BCUT2D eigenvalue weighted by atomic mass is 10.1. The molecule has 0 aromatic heterocycles. The van der Waals surface area contributed by atoms with Crippen molar-refractivity contribution < 1.29 is 0 Å². The first-order chi connectivity index (χ1) is 6.26.